The van der Waals surface area contributed by atoms with Crippen LogP contribution in [0.25, 0.3) is 0 Å². The van der Waals surface area contributed by atoms with Crippen LogP contribution in [0.4, 0.5) is 0 Å². The van der Waals surface area contributed by atoms with E-state index in [4.69, 9.17) is 4.42 Å². The largest absolute Gasteiger partial charge is 0.506 e. The molecular formula is C16H26O3S2. The van der Waals surface area contributed by atoms with Crippen molar-refractivity contribution in [3.63, 3.8) is 0 Å². The predicted octanol–water partition coefficient (Wildman–Crippen LogP) is 5.05. The van der Waals surface area contributed by atoms with Crippen LogP contribution in [0.5, 0.6) is 5.75 Å². The highest BCUT2D eigenvalue weighted by molar-refractivity contribution is 8.16. The number of rotatable bonds is 11. The van der Waals surface area contributed by atoms with Crippen molar-refractivity contribution in [2.75, 3.05) is 10.8 Å². The van der Waals surface area contributed by atoms with Gasteiger partial charge < -0.3 is 9.52 Å². The van der Waals surface area contributed by atoms with Gasteiger partial charge in [-0.25, -0.2) is 4.79 Å². The standard InChI is InChI=1S/C16H26O3S2/c1-3-5-7-9-13-11-14(17)15(16(18)19-13)21-12-20-10-8-6-4-2/h11,17H,3-10,12H2,1-2H3. The lowest BCUT2D eigenvalue weighted by Gasteiger charge is -2.05. The van der Waals surface area contributed by atoms with Gasteiger partial charge in [0.25, 0.3) is 0 Å². The molecule has 0 amide bonds. The van der Waals surface area contributed by atoms with Gasteiger partial charge in [-0.15, -0.1) is 11.8 Å². The molecule has 1 N–H and O–H groups in total. The van der Waals surface area contributed by atoms with Crippen molar-refractivity contribution >= 4 is 23.5 Å². The molecule has 0 unspecified atom stereocenters. The summed E-state index contributed by atoms with van der Waals surface area (Å²) in [6.45, 7) is 4.32. The molecule has 120 valence electrons. The first-order valence-electron chi connectivity index (χ1n) is 7.75. The smallest absolute Gasteiger partial charge is 0.353 e. The van der Waals surface area contributed by atoms with Gasteiger partial charge in [0.15, 0.2) is 0 Å². The van der Waals surface area contributed by atoms with Crippen molar-refractivity contribution < 1.29 is 9.52 Å². The Morgan fingerprint density at radius 1 is 1.14 bits per heavy atom. The van der Waals surface area contributed by atoms with Gasteiger partial charge in [-0.2, -0.15) is 11.8 Å². The molecule has 3 nitrogen and oxygen atoms in total. The Morgan fingerprint density at radius 3 is 2.52 bits per heavy atom. The quantitative estimate of drug-likeness (QED) is 0.349. The molecule has 0 aromatic carbocycles. The third kappa shape index (κ3) is 7.32. The fraction of sp³-hybridized carbons (Fsp3) is 0.688. The number of aryl methyl sites for hydroxylation is 1. The highest BCUT2D eigenvalue weighted by Crippen LogP contribution is 2.29. The second-order valence-electron chi connectivity index (χ2n) is 5.05. The van der Waals surface area contributed by atoms with E-state index in [2.05, 4.69) is 13.8 Å². The van der Waals surface area contributed by atoms with Crippen LogP contribution in [-0.2, 0) is 6.42 Å². The van der Waals surface area contributed by atoms with E-state index in [0.717, 1.165) is 30.1 Å². The summed E-state index contributed by atoms with van der Waals surface area (Å²) in [7, 11) is 0. The summed E-state index contributed by atoms with van der Waals surface area (Å²) in [6.07, 6.45) is 7.61. The highest BCUT2D eigenvalue weighted by Gasteiger charge is 2.11. The molecule has 0 atom stereocenters. The summed E-state index contributed by atoms with van der Waals surface area (Å²) in [5.41, 5.74) is -0.402. The van der Waals surface area contributed by atoms with Crippen LogP contribution in [0.3, 0.4) is 0 Å². The van der Waals surface area contributed by atoms with E-state index in [-0.39, 0.29) is 5.75 Å². The van der Waals surface area contributed by atoms with E-state index in [0.29, 0.717) is 17.1 Å². The number of unbranched alkanes of at least 4 members (excludes halogenated alkanes) is 4. The lowest BCUT2D eigenvalue weighted by molar-refractivity contribution is 0.398. The second-order valence-corrected chi connectivity index (χ2v) is 7.51. The monoisotopic (exact) mass is 330 g/mol. The van der Waals surface area contributed by atoms with Gasteiger partial charge in [0, 0.05) is 17.6 Å². The summed E-state index contributed by atoms with van der Waals surface area (Å²) in [5, 5.41) is 10.8. The van der Waals surface area contributed by atoms with E-state index < -0.39 is 5.63 Å². The van der Waals surface area contributed by atoms with E-state index in [1.54, 1.807) is 17.8 Å². The molecular weight excluding hydrogens is 304 g/mol. The zero-order valence-electron chi connectivity index (χ0n) is 13.0. The Hall–Kier alpha value is -0.550. The number of hydrogen-bond acceptors (Lipinski definition) is 5. The van der Waals surface area contributed by atoms with Crippen molar-refractivity contribution in [1.82, 2.24) is 0 Å². The lowest BCUT2D eigenvalue weighted by atomic mass is 10.1. The molecule has 0 saturated carbocycles. The van der Waals surface area contributed by atoms with E-state index >= 15 is 0 Å². The van der Waals surface area contributed by atoms with Crippen molar-refractivity contribution in [2.24, 2.45) is 0 Å². The number of hydrogen-bond donors (Lipinski definition) is 1. The normalized spacial score (nSPS) is 11.0. The average Bonchev–Trinajstić information content (AvgIpc) is 2.45. The fourth-order valence-electron chi connectivity index (χ4n) is 1.94. The Bertz CT molecular complexity index is 457. The van der Waals surface area contributed by atoms with Crippen molar-refractivity contribution in [2.45, 2.75) is 63.7 Å². The molecule has 1 aromatic heterocycles. The van der Waals surface area contributed by atoms with Gasteiger partial charge in [-0.05, 0) is 18.6 Å². The van der Waals surface area contributed by atoms with Crippen LogP contribution >= 0.6 is 23.5 Å². The Kier molecular flexibility index (Phi) is 9.76. The summed E-state index contributed by atoms with van der Waals surface area (Å²) in [6, 6.07) is 1.60. The van der Waals surface area contributed by atoms with Crippen molar-refractivity contribution in [3.8, 4) is 5.75 Å². The minimum Gasteiger partial charge on any atom is -0.506 e. The molecule has 0 fully saturated rings. The molecule has 0 aliphatic heterocycles. The molecule has 0 bridgehead atoms. The Labute approximate surface area is 135 Å². The lowest BCUT2D eigenvalue weighted by Crippen LogP contribution is -2.04. The van der Waals surface area contributed by atoms with Crippen LogP contribution in [0, 0.1) is 0 Å². The molecule has 1 aromatic rings. The maximum Gasteiger partial charge on any atom is 0.353 e. The molecule has 5 heteroatoms. The van der Waals surface area contributed by atoms with Gasteiger partial charge in [-0.3, -0.25) is 0 Å². The van der Waals surface area contributed by atoms with Crippen molar-refractivity contribution in [3.05, 3.63) is 22.2 Å². The van der Waals surface area contributed by atoms with Gasteiger partial charge in [-0.1, -0.05) is 39.5 Å². The average molecular weight is 331 g/mol. The third-order valence-corrected chi connectivity index (χ3v) is 5.52. The first kappa shape index (κ1) is 18.5. The Balaban J connectivity index is 2.46. The minimum atomic E-state index is -0.402. The van der Waals surface area contributed by atoms with E-state index in [9.17, 15) is 9.90 Å². The molecule has 0 aliphatic carbocycles. The summed E-state index contributed by atoms with van der Waals surface area (Å²) >= 11 is 3.17. The molecule has 0 spiro atoms. The SMILES string of the molecule is CCCCCSCSc1c(O)cc(CCCCC)oc1=O. The molecule has 1 rings (SSSR count). The highest BCUT2D eigenvalue weighted by atomic mass is 32.2. The van der Waals surface area contributed by atoms with Crippen LogP contribution in [-0.4, -0.2) is 15.9 Å². The minimum absolute atomic E-state index is 0.0666. The van der Waals surface area contributed by atoms with Gasteiger partial charge in [0.2, 0.25) is 0 Å². The third-order valence-electron chi connectivity index (χ3n) is 3.15. The fourth-order valence-corrected chi connectivity index (χ4v) is 3.99. The summed E-state index contributed by atoms with van der Waals surface area (Å²) in [4.78, 5) is 12.2. The zero-order valence-corrected chi connectivity index (χ0v) is 14.7. The van der Waals surface area contributed by atoms with Crippen LogP contribution < -0.4 is 5.63 Å². The van der Waals surface area contributed by atoms with Crippen LogP contribution in [0.2, 0.25) is 0 Å². The molecule has 0 saturated heterocycles. The first-order chi connectivity index (χ1) is 10.2. The maximum absolute atomic E-state index is 11.9. The number of aromatic hydroxyl groups is 1. The van der Waals surface area contributed by atoms with Gasteiger partial charge >= 0.3 is 5.63 Å². The van der Waals surface area contributed by atoms with E-state index in [1.165, 1.54) is 31.0 Å². The topological polar surface area (TPSA) is 50.4 Å². The zero-order chi connectivity index (χ0) is 15.5. The van der Waals surface area contributed by atoms with Gasteiger partial charge in [0.1, 0.15) is 16.4 Å². The first-order valence-corrected chi connectivity index (χ1v) is 9.89. The number of thioether (sulfide) groups is 2. The van der Waals surface area contributed by atoms with Crippen LogP contribution in [0.15, 0.2) is 20.2 Å². The Morgan fingerprint density at radius 2 is 1.86 bits per heavy atom. The summed E-state index contributed by atoms with van der Waals surface area (Å²) < 4.78 is 5.29. The second kappa shape index (κ2) is 11.1. The summed E-state index contributed by atoms with van der Waals surface area (Å²) in [5.74, 6) is 1.75. The van der Waals surface area contributed by atoms with E-state index in [1.807, 2.05) is 0 Å². The molecule has 1 heterocycles. The molecule has 21 heavy (non-hydrogen) atoms. The predicted molar refractivity (Wildman–Crippen MR) is 92.6 cm³/mol. The van der Waals surface area contributed by atoms with Crippen LogP contribution in [0.1, 0.15) is 58.1 Å². The maximum atomic E-state index is 11.9. The molecule has 0 radical (unpaired) electrons. The molecule has 0 aliphatic rings. The van der Waals surface area contributed by atoms with Gasteiger partial charge in [0.05, 0.1) is 0 Å². The van der Waals surface area contributed by atoms with Crippen molar-refractivity contribution in [1.29, 1.82) is 0 Å².